The average molecular weight is 525 g/mol. The van der Waals surface area contributed by atoms with E-state index >= 15 is 0 Å². The maximum Gasteiger partial charge on any atom is 0.513 e. The quantitative estimate of drug-likeness (QED) is 0.170. The lowest BCUT2D eigenvalue weighted by molar-refractivity contribution is 0.103. The third-order valence-electron chi connectivity index (χ3n) is 6.48. The standard InChI is InChI=1S/C33H32O6/c1-5-36-31(34)38-29-19-17-25(21-27(29)23-13-9-7-10-14-23)33(3,4)26-18-20-30(39-32(35)37-6-2)28(22-26)24-15-11-8-12-16-24/h7-22H,5-6H2,1-4H3. The Labute approximate surface area is 229 Å². The Morgan fingerprint density at radius 3 is 1.33 bits per heavy atom. The molecule has 0 radical (unpaired) electrons. The summed E-state index contributed by atoms with van der Waals surface area (Å²) in [6.07, 6.45) is -1.49. The highest BCUT2D eigenvalue weighted by molar-refractivity contribution is 5.77. The maximum absolute atomic E-state index is 12.1. The van der Waals surface area contributed by atoms with Gasteiger partial charge in [-0.1, -0.05) is 86.6 Å². The molecule has 0 aliphatic carbocycles. The zero-order valence-corrected chi connectivity index (χ0v) is 22.6. The molecule has 0 unspecified atom stereocenters. The van der Waals surface area contributed by atoms with E-state index < -0.39 is 17.7 Å². The van der Waals surface area contributed by atoms with Crippen LogP contribution in [0.2, 0.25) is 0 Å². The molecular formula is C33H32O6. The van der Waals surface area contributed by atoms with Gasteiger partial charge >= 0.3 is 12.3 Å². The minimum Gasteiger partial charge on any atom is -0.434 e. The van der Waals surface area contributed by atoms with Crippen molar-refractivity contribution in [3.05, 3.63) is 108 Å². The Balaban J connectivity index is 1.79. The van der Waals surface area contributed by atoms with E-state index in [0.29, 0.717) is 11.5 Å². The van der Waals surface area contributed by atoms with Crippen molar-refractivity contribution in [2.24, 2.45) is 0 Å². The summed E-state index contributed by atoms with van der Waals surface area (Å²) in [4.78, 5) is 24.3. The van der Waals surface area contributed by atoms with Gasteiger partial charge in [0.15, 0.2) is 0 Å². The van der Waals surface area contributed by atoms with Crippen molar-refractivity contribution in [1.29, 1.82) is 0 Å². The summed E-state index contributed by atoms with van der Waals surface area (Å²) < 4.78 is 21.1. The zero-order valence-electron chi connectivity index (χ0n) is 22.6. The molecule has 0 amide bonds. The Hall–Kier alpha value is -4.58. The van der Waals surface area contributed by atoms with Crippen molar-refractivity contribution in [1.82, 2.24) is 0 Å². The Morgan fingerprint density at radius 1 is 0.590 bits per heavy atom. The van der Waals surface area contributed by atoms with Crippen LogP contribution in [0.3, 0.4) is 0 Å². The Kier molecular flexibility index (Phi) is 8.67. The first-order valence-electron chi connectivity index (χ1n) is 12.9. The normalized spacial score (nSPS) is 11.0. The first kappa shape index (κ1) is 27.5. The highest BCUT2D eigenvalue weighted by atomic mass is 16.7. The molecule has 6 heteroatoms. The third kappa shape index (κ3) is 6.47. The van der Waals surface area contributed by atoms with Crippen molar-refractivity contribution in [3.63, 3.8) is 0 Å². The summed E-state index contributed by atoms with van der Waals surface area (Å²) in [7, 11) is 0. The van der Waals surface area contributed by atoms with Crippen LogP contribution in [0, 0.1) is 0 Å². The van der Waals surface area contributed by atoms with Crippen LogP contribution in [0.25, 0.3) is 22.3 Å². The first-order valence-corrected chi connectivity index (χ1v) is 12.9. The third-order valence-corrected chi connectivity index (χ3v) is 6.48. The van der Waals surface area contributed by atoms with E-state index in [1.54, 1.807) is 26.0 Å². The molecule has 4 aromatic carbocycles. The Bertz CT molecular complexity index is 1320. The molecule has 0 saturated carbocycles. The SMILES string of the molecule is CCOC(=O)Oc1ccc(C(C)(C)c2ccc(OC(=O)OCC)c(-c3ccccc3)c2)cc1-c1ccccc1. The summed E-state index contributed by atoms with van der Waals surface area (Å²) in [5.41, 5.74) is 4.94. The lowest BCUT2D eigenvalue weighted by atomic mass is 9.76. The fourth-order valence-corrected chi connectivity index (χ4v) is 4.34. The minimum atomic E-state index is -0.744. The van der Waals surface area contributed by atoms with E-state index in [0.717, 1.165) is 33.4 Å². The molecule has 0 saturated heterocycles. The summed E-state index contributed by atoms with van der Waals surface area (Å²) in [5.74, 6) is 0.838. The average Bonchev–Trinajstić information content (AvgIpc) is 2.94. The van der Waals surface area contributed by atoms with Crippen molar-refractivity contribution in [3.8, 4) is 33.8 Å². The molecule has 0 bridgehead atoms. The summed E-state index contributed by atoms with van der Waals surface area (Å²) >= 11 is 0. The second-order valence-corrected chi connectivity index (χ2v) is 9.35. The monoisotopic (exact) mass is 524 g/mol. The van der Waals surface area contributed by atoms with E-state index in [4.69, 9.17) is 18.9 Å². The largest absolute Gasteiger partial charge is 0.513 e. The van der Waals surface area contributed by atoms with Crippen LogP contribution in [0.4, 0.5) is 9.59 Å². The van der Waals surface area contributed by atoms with Gasteiger partial charge in [-0.15, -0.1) is 0 Å². The molecule has 0 aliphatic heterocycles. The van der Waals surface area contributed by atoms with Gasteiger partial charge in [0.25, 0.3) is 0 Å². The molecular weight excluding hydrogens is 492 g/mol. The van der Waals surface area contributed by atoms with Crippen LogP contribution in [0.5, 0.6) is 11.5 Å². The molecule has 0 aromatic heterocycles. The molecule has 6 nitrogen and oxygen atoms in total. The van der Waals surface area contributed by atoms with Gasteiger partial charge in [-0.3, -0.25) is 0 Å². The van der Waals surface area contributed by atoms with E-state index in [-0.39, 0.29) is 13.2 Å². The van der Waals surface area contributed by atoms with Crippen molar-refractivity contribution in [2.45, 2.75) is 33.1 Å². The molecule has 200 valence electrons. The van der Waals surface area contributed by atoms with Crippen molar-refractivity contribution >= 4 is 12.3 Å². The fourth-order valence-electron chi connectivity index (χ4n) is 4.34. The van der Waals surface area contributed by atoms with Gasteiger partial charge in [0.05, 0.1) is 13.2 Å². The number of hydrogen-bond acceptors (Lipinski definition) is 6. The van der Waals surface area contributed by atoms with E-state index in [9.17, 15) is 9.59 Å². The van der Waals surface area contributed by atoms with Gasteiger partial charge in [-0.2, -0.15) is 0 Å². The molecule has 4 aromatic rings. The second kappa shape index (κ2) is 12.3. The highest BCUT2D eigenvalue weighted by Gasteiger charge is 2.27. The number of rotatable bonds is 8. The van der Waals surface area contributed by atoms with Gasteiger partial charge in [-0.05, 0) is 60.4 Å². The number of ether oxygens (including phenoxy) is 4. The Morgan fingerprint density at radius 2 is 0.974 bits per heavy atom. The lowest BCUT2D eigenvalue weighted by Crippen LogP contribution is -2.20. The molecule has 4 rings (SSSR count). The van der Waals surface area contributed by atoms with Crippen LogP contribution >= 0.6 is 0 Å². The van der Waals surface area contributed by atoms with Crippen LogP contribution in [-0.4, -0.2) is 25.5 Å². The molecule has 39 heavy (non-hydrogen) atoms. The molecule has 0 N–H and O–H groups in total. The van der Waals surface area contributed by atoms with Gasteiger partial charge < -0.3 is 18.9 Å². The topological polar surface area (TPSA) is 71.1 Å². The molecule has 0 fully saturated rings. The summed E-state index contributed by atoms with van der Waals surface area (Å²) in [6, 6.07) is 31.1. The van der Waals surface area contributed by atoms with Crippen LogP contribution in [0.15, 0.2) is 97.1 Å². The van der Waals surface area contributed by atoms with Gasteiger partial charge in [0.1, 0.15) is 11.5 Å². The smallest absolute Gasteiger partial charge is 0.434 e. The predicted molar refractivity (Wildman–Crippen MR) is 151 cm³/mol. The van der Waals surface area contributed by atoms with Crippen molar-refractivity contribution < 1.29 is 28.5 Å². The van der Waals surface area contributed by atoms with E-state index in [2.05, 4.69) is 13.8 Å². The van der Waals surface area contributed by atoms with Gasteiger partial charge in [-0.25, -0.2) is 9.59 Å². The van der Waals surface area contributed by atoms with Crippen LogP contribution in [0.1, 0.15) is 38.8 Å². The molecule has 0 aliphatic rings. The molecule has 0 atom stereocenters. The zero-order chi connectivity index (χ0) is 27.8. The van der Waals surface area contributed by atoms with Crippen molar-refractivity contribution in [2.75, 3.05) is 13.2 Å². The summed E-state index contributed by atoms with van der Waals surface area (Å²) in [5, 5.41) is 0. The second-order valence-electron chi connectivity index (χ2n) is 9.35. The van der Waals surface area contributed by atoms with Gasteiger partial charge in [0.2, 0.25) is 0 Å². The van der Waals surface area contributed by atoms with Crippen LogP contribution < -0.4 is 9.47 Å². The van der Waals surface area contributed by atoms with Gasteiger partial charge in [0, 0.05) is 16.5 Å². The number of hydrogen-bond donors (Lipinski definition) is 0. The predicted octanol–water partition coefficient (Wildman–Crippen LogP) is 8.42. The lowest BCUT2D eigenvalue weighted by Gasteiger charge is -2.28. The molecule has 0 heterocycles. The summed E-state index contributed by atoms with van der Waals surface area (Å²) in [6.45, 7) is 8.17. The first-order chi connectivity index (χ1) is 18.8. The molecule has 0 spiro atoms. The van der Waals surface area contributed by atoms with E-state index in [1.807, 2.05) is 84.9 Å². The number of carbonyl (C=O) groups excluding carboxylic acids is 2. The maximum atomic E-state index is 12.1. The number of benzene rings is 4. The van der Waals surface area contributed by atoms with E-state index in [1.165, 1.54) is 0 Å². The fraction of sp³-hybridized carbons (Fsp3) is 0.212. The number of carbonyl (C=O) groups is 2. The highest BCUT2D eigenvalue weighted by Crippen LogP contribution is 2.41. The van der Waals surface area contributed by atoms with Crippen LogP contribution in [-0.2, 0) is 14.9 Å². The minimum absolute atomic E-state index is 0.226.